The van der Waals surface area contributed by atoms with Gasteiger partial charge in [-0.1, -0.05) is 6.92 Å². The van der Waals surface area contributed by atoms with Crippen LogP contribution >= 0.6 is 0 Å². The summed E-state index contributed by atoms with van der Waals surface area (Å²) in [6, 6.07) is 0. The molecule has 1 rings (SSSR count). The molecule has 1 saturated heterocycles. The number of amides is 1. The molecule has 1 amide bonds. The van der Waals surface area contributed by atoms with Gasteiger partial charge in [-0.25, -0.2) is 0 Å². The molecule has 1 aliphatic heterocycles. The van der Waals surface area contributed by atoms with Crippen LogP contribution in [0.15, 0.2) is 0 Å². The fourth-order valence-electron chi connectivity index (χ4n) is 1.75. The third-order valence-electron chi connectivity index (χ3n) is 3.00. The number of nitrogens with zero attached hydrogens (tertiary/aromatic N) is 1. The molecule has 88 valence electrons. The maximum absolute atomic E-state index is 11.7. The van der Waals surface area contributed by atoms with Gasteiger partial charge in [-0.3, -0.25) is 4.79 Å². The fourth-order valence-corrected chi connectivity index (χ4v) is 1.75. The predicted molar refractivity (Wildman–Crippen MR) is 61.8 cm³/mol. The van der Waals surface area contributed by atoms with Crippen LogP contribution in [0.4, 0.5) is 0 Å². The summed E-state index contributed by atoms with van der Waals surface area (Å²) in [5.74, 6) is 0.400. The van der Waals surface area contributed by atoms with Crippen LogP contribution in [0.3, 0.4) is 0 Å². The standard InChI is InChI=1S/C11H23N3O/c1-3-14(2)8-7-13-11(15)10-5-4-6-12-9-10/h10,12H,3-9H2,1-2H3,(H,13,15)/t10-/m0/s1. The molecule has 2 N–H and O–H groups in total. The molecule has 0 spiro atoms. The number of carbonyl (C=O) groups excluding carboxylic acids is 1. The van der Waals surface area contributed by atoms with Crippen LogP contribution < -0.4 is 10.6 Å². The van der Waals surface area contributed by atoms with Gasteiger partial charge in [0.15, 0.2) is 0 Å². The lowest BCUT2D eigenvalue weighted by molar-refractivity contribution is -0.125. The maximum Gasteiger partial charge on any atom is 0.224 e. The van der Waals surface area contributed by atoms with Gasteiger partial charge in [0.1, 0.15) is 0 Å². The highest BCUT2D eigenvalue weighted by Crippen LogP contribution is 2.09. The first-order valence-corrected chi connectivity index (χ1v) is 5.91. The van der Waals surface area contributed by atoms with Gasteiger partial charge in [0.25, 0.3) is 0 Å². The van der Waals surface area contributed by atoms with E-state index in [0.29, 0.717) is 0 Å². The van der Waals surface area contributed by atoms with Crippen molar-refractivity contribution in [2.75, 3.05) is 39.8 Å². The summed E-state index contributed by atoms with van der Waals surface area (Å²) in [6.45, 7) is 6.74. The first-order chi connectivity index (χ1) is 7.24. The molecule has 0 aromatic heterocycles. The molecule has 4 heteroatoms. The van der Waals surface area contributed by atoms with Gasteiger partial charge in [-0.2, -0.15) is 0 Å². The second kappa shape index (κ2) is 6.80. The van der Waals surface area contributed by atoms with E-state index in [1.54, 1.807) is 0 Å². The molecule has 15 heavy (non-hydrogen) atoms. The van der Waals surface area contributed by atoms with Crippen LogP contribution in [-0.2, 0) is 4.79 Å². The zero-order valence-corrected chi connectivity index (χ0v) is 9.88. The zero-order valence-electron chi connectivity index (χ0n) is 9.88. The van der Waals surface area contributed by atoms with E-state index in [1.807, 2.05) is 0 Å². The predicted octanol–water partition coefficient (Wildman–Crippen LogP) is 0.0539. The van der Waals surface area contributed by atoms with Crippen LogP contribution in [0.25, 0.3) is 0 Å². The lowest BCUT2D eigenvalue weighted by Crippen LogP contribution is -2.42. The molecule has 1 atom stereocenters. The third-order valence-corrected chi connectivity index (χ3v) is 3.00. The molecular weight excluding hydrogens is 190 g/mol. The first-order valence-electron chi connectivity index (χ1n) is 5.91. The molecule has 0 bridgehead atoms. The first kappa shape index (κ1) is 12.5. The minimum absolute atomic E-state index is 0.186. The van der Waals surface area contributed by atoms with Crippen molar-refractivity contribution in [3.63, 3.8) is 0 Å². The maximum atomic E-state index is 11.7. The quantitative estimate of drug-likeness (QED) is 0.678. The number of nitrogens with one attached hydrogen (secondary N) is 2. The van der Waals surface area contributed by atoms with Gasteiger partial charge >= 0.3 is 0 Å². The summed E-state index contributed by atoms with van der Waals surface area (Å²) in [5, 5.41) is 6.25. The molecule has 1 fully saturated rings. The average Bonchev–Trinajstić information content (AvgIpc) is 2.29. The second-order valence-corrected chi connectivity index (χ2v) is 4.23. The van der Waals surface area contributed by atoms with Crippen LogP contribution in [0.2, 0.25) is 0 Å². The Balaban J connectivity index is 2.12. The molecule has 0 saturated carbocycles. The second-order valence-electron chi connectivity index (χ2n) is 4.23. The highest BCUT2D eigenvalue weighted by Gasteiger charge is 2.19. The summed E-state index contributed by atoms with van der Waals surface area (Å²) in [6.07, 6.45) is 2.15. The van der Waals surface area contributed by atoms with Crippen molar-refractivity contribution in [3.8, 4) is 0 Å². The Morgan fingerprint density at radius 1 is 1.60 bits per heavy atom. The van der Waals surface area contributed by atoms with Crippen molar-refractivity contribution in [2.45, 2.75) is 19.8 Å². The Kier molecular flexibility index (Phi) is 5.65. The van der Waals surface area contributed by atoms with E-state index in [2.05, 4.69) is 29.5 Å². The lowest BCUT2D eigenvalue weighted by atomic mass is 9.99. The Morgan fingerprint density at radius 3 is 3.00 bits per heavy atom. The summed E-state index contributed by atoms with van der Waals surface area (Å²) < 4.78 is 0. The molecule has 1 aliphatic rings. The monoisotopic (exact) mass is 213 g/mol. The molecule has 0 aromatic carbocycles. The van der Waals surface area contributed by atoms with Gasteiger partial charge in [0.2, 0.25) is 5.91 Å². The lowest BCUT2D eigenvalue weighted by Gasteiger charge is -2.22. The van der Waals surface area contributed by atoms with E-state index in [4.69, 9.17) is 0 Å². The number of carbonyl (C=O) groups is 1. The highest BCUT2D eigenvalue weighted by atomic mass is 16.1. The zero-order chi connectivity index (χ0) is 11.1. The number of hydrogen-bond acceptors (Lipinski definition) is 3. The van der Waals surface area contributed by atoms with E-state index in [-0.39, 0.29) is 11.8 Å². The fraction of sp³-hybridized carbons (Fsp3) is 0.909. The molecule has 1 heterocycles. The Bertz CT molecular complexity index is 190. The Hall–Kier alpha value is -0.610. The topological polar surface area (TPSA) is 44.4 Å². The smallest absolute Gasteiger partial charge is 0.224 e. The SMILES string of the molecule is CCN(C)CCNC(=O)[C@H]1CCCNC1. The van der Waals surface area contributed by atoms with Crippen LogP contribution in [0.1, 0.15) is 19.8 Å². The van der Waals surface area contributed by atoms with Crippen molar-refractivity contribution in [2.24, 2.45) is 5.92 Å². The van der Waals surface area contributed by atoms with E-state index in [9.17, 15) is 4.79 Å². The molecular formula is C11H23N3O. The molecule has 0 radical (unpaired) electrons. The summed E-state index contributed by atoms with van der Waals surface area (Å²) in [4.78, 5) is 13.9. The molecule has 0 unspecified atom stereocenters. The van der Waals surface area contributed by atoms with Crippen LogP contribution in [0, 0.1) is 5.92 Å². The van der Waals surface area contributed by atoms with Crippen molar-refractivity contribution in [1.29, 1.82) is 0 Å². The summed E-state index contributed by atoms with van der Waals surface area (Å²) in [5.41, 5.74) is 0. The largest absolute Gasteiger partial charge is 0.355 e. The Labute approximate surface area is 92.4 Å². The number of piperidine rings is 1. The van der Waals surface area contributed by atoms with E-state index in [0.717, 1.165) is 45.6 Å². The van der Waals surface area contributed by atoms with Gasteiger partial charge in [0.05, 0.1) is 5.92 Å². The summed E-state index contributed by atoms with van der Waals surface area (Å²) in [7, 11) is 2.06. The third kappa shape index (κ3) is 4.62. The van der Waals surface area contributed by atoms with E-state index in [1.165, 1.54) is 0 Å². The van der Waals surface area contributed by atoms with Crippen LogP contribution in [-0.4, -0.2) is 50.6 Å². The van der Waals surface area contributed by atoms with Crippen molar-refractivity contribution < 1.29 is 4.79 Å². The van der Waals surface area contributed by atoms with E-state index >= 15 is 0 Å². The van der Waals surface area contributed by atoms with Crippen LogP contribution in [0.5, 0.6) is 0 Å². The summed E-state index contributed by atoms with van der Waals surface area (Å²) >= 11 is 0. The Morgan fingerprint density at radius 2 is 2.40 bits per heavy atom. The molecule has 0 aliphatic carbocycles. The van der Waals surface area contributed by atoms with Gasteiger partial charge in [0, 0.05) is 19.6 Å². The number of likely N-dealkylation sites (N-methyl/N-ethyl adjacent to an activating group) is 1. The minimum Gasteiger partial charge on any atom is -0.355 e. The normalized spacial score (nSPS) is 21.7. The van der Waals surface area contributed by atoms with Gasteiger partial charge in [-0.15, -0.1) is 0 Å². The van der Waals surface area contributed by atoms with Crippen molar-refractivity contribution in [1.82, 2.24) is 15.5 Å². The van der Waals surface area contributed by atoms with Crippen molar-refractivity contribution in [3.05, 3.63) is 0 Å². The molecule has 0 aromatic rings. The number of hydrogen-bond donors (Lipinski definition) is 2. The van der Waals surface area contributed by atoms with Crippen molar-refractivity contribution >= 4 is 5.91 Å². The number of rotatable bonds is 5. The minimum atomic E-state index is 0.186. The van der Waals surface area contributed by atoms with Gasteiger partial charge in [-0.05, 0) is 33.0 Å². The highest BCUT2D eigenvalue weighted by molar-refractivity contribution is 5.78. The van der Waals surface area contributed by atoms with E-state index < -0.39 is 0 Å². The average molecular weight is 213 g/mol. The van der Waals surface area contributed by atoms with Gasteiger partial charge < -0.3 is 15.5 Å². The molecule has 4 nitrogen and oxygen atoms in total.